The zero-order valence-corrected chi connectivity index (χ0v) is 45.7. The number of amides is 4. The second kappa shape index (κ2) is 35.1. The molecule has 0 spiro atoms. The van der Waals surface area contributed by atoms with Gasteiger partial charge in [-0.15, -0.1) is 5.06 Å². The molecule has 0 saturated carbocycles. The summed E-state index contributed by atoms with van der Waals surface area (Å²) < 4.78 is 37.3. The molecule has 406 valence electrons. The van der Waals surface area contributed by atoms with Crippen LogP contribution in [0.5, 0.6) is 0 Å². The van der Waals surface area contributed by atoms with Gasteiger partial charge in [0.2, 0.25) is 0 Å². The minimum Gasteiger partial charge on any atom is -0.870 e. The Bertz CT molecular complexity index is 2360. The fourth-order valence-electron chi connectivity index (χ4n) is 5.01. The van der Waals surface area contributed by atoms with Crippen molar-refractivity contribution in [2.24, 2.45) is 0 Å². The second-order valence-electron chi connectivity index (χ2n) is 17.6. The Hall–Kier alpha value is -6.27. The smallest absolute Gasteiger partial charge is 0.870 e. The minimum atomic E-state index is -1.58. The molecule has 4 amide bonds. The summed E-state index contributed by atoms with van der Waals surface area (Å²) in [5.74, 6) is -5.31. The molecule has 20 nitrogen and oxygen atoms in total. The van der Waals surface area contributed by atoms with Gasteiger partial charge < -0.3 is 44.6 Å². The topological polar surface area (TPSA) is 300 Å². The fourth-order valence-corrected chi connectivity index (χ4v) is 5.01. The number of carboxylic acid groups (broad SMARTS) is 2. The fraction of sp³-hybridized carbons (Fsp3) is 0.396. The van der Waals surface area contributed by atoms with Crippen LogP contribution >= 0.6 is 0 Å². The van der Waals surface area contributed by atoms with Crippen LogP contribution in [0.1, 0.15) is 105 Å². The number of hydroxylamine groups is 4. The number of carbonyl (C=O) groups is 8. The zero-order chi connectivity index (χ0) is 56.1. The van der Waals surface area contributed by atoms with Gasteiger partial charge in [0.05, 0.1) is 28.3 Å². The molecular weight excluding hydrogens is 995 g/mol. The molecule has 0 unspecified atom stereocenters. The summed E-state index contributed by atoms with van der Waals surface area (Å²) in [5, 5.41) is 34.4. The van der Waals surface area contributed by atoms with Gasteiger partial charge in [-0.1, -0.05) is 121 Å². The van der Waals surface area contributed by atoms with E-state index in [0.29, 0.717) is 18.3 Å². The van der Waals surface area contributed by atoms with Gasteiger partial charge in [0, 0.05) is 25.7 Å². The Morgan fingerprint density at radius 1 is 0.520 bits per heavy atom. The number of aliphatic carboxylic acids is 2. The molecule has 0 atom stereocenters. The molecule has 2 aliphatic rings. The molecule has 0 bridgehead atoms. The van der Waals surface area contributed by atoms with Crippen LogP contribution < -0.4 is 29.6 Å². The maximum atomic E-state index is 12.1. The Morgan fingerprint density at radius 3 is 1.05 bits per heavy atom. The summed E-state index contributed by atoms with van der Waals surface area (Å²) in [5.41, 5.74) is -1.07. The second-order valence-corrected chi connectivity index (χ2v) is 17.6. The molecule has 4 aromatic rings. The van der Waals surface area contributed by atoms with Crippen molar-refractivity contribution in [3.05, 3.63) is 144 Å². The summed E-state index contributed by atoms with van der Waals surface area (Å²) in [6.07, 6.45) is 0.430. The molecule has 0 radical (unpaired) electrons. The van der Waals surface area contributed by atoms with Crippen LogP contribution in [0.25, 0.3) is 0 Å². The van der Waals surface area contributed by atoms with E-state index in [9.17, 15) is 42.7 Å². The first-order chi connectivity index (χ1) is 34.6. The van der Waals surface area contributed by atoms with E-state index in [1.807, 2.05) is 121 Å². The van der Waals surface area contributed by atoms with Crippen molar-refractivity contribution in [2.75, 3.05) is 7.15 Å². The summed E-state index contributed by atoms with van der Waals surface area (Å²) in [4.78, 5) is 92.8. The predicted octanol–water partition coefficient (Wildman–Crippen LogP) is 4.16. The van der Waals surface area contributed by atoms with Crippen molar-refractivity contribution in [2.45, 2.75) is 130 Å². The SMILES string of the molecule is CC(C)(O)C(=O)O.CC(C)(OCc1ccccc1)C(=O)O.CC(C)(OCc1ccccc1)C(=O)OCc1ccccc1.CC(C)(OCc1ccccc1)C(=O)ON1C(=O)CCC1=O.O=C1CCC(=O)N1O.[2H]CF.[Na+].[OH-]. The van der Waals surface area contributed by atoms with Crippen molar-refractivity contribution in [3.63, 3.8) is 0 Å². The first kappa shape index (κ1) is 68.7. The van der Waals surface area contributed by atoms with E-state index in [4.69, 9.17) is 45.7 Å². The Labute approximate surface area is 459 Å². The maximum Gasteiger partial charge on any atom is 1.00 e. The number of esters is 1. The first-order valence-corrected chi connectivity index (χ1v) is 22.5. The Kier molecular flexibility index (Phi) is 32.1. The van der Waals surface area contributed by atoms with Crippen molar-refractivity contribution in [3.8, 4) is 0 Å². The molecule has 6 rings (SSSR count). The van der Waals surface area contributed by atoms with Crippen LogP contribution in [0.15, 0.2) is 121 Å². The van der Waals surface area contributed by atoms with Gasteiger partial charge in [0.1, 0.15) is 6.61 Å². The van der Waals surface area contributed by atoms with Crippen molar-refractivity contribution in [1.82, 2.24) is 10.1 Å². The zero-order valence-electron chi connectivity index (χ0n) is 44.7. The molecular formula is C53H68FN2NaO18. The molecule has 22 heteroatoms. The predicted molar refractivity (Wildman–Crippen MR) is 263 cm³/mol. The van der Waals surface area contributed by atoms with E-state index in [2.05, 4.69) is 0 Å². The summed E-state index contributed by atoms with van der Waals surface area (Å²) in [6, 6.07) is 38.2. The molecule has 0 aliphatic carbocycles. The maximum absolute atomic E-state index is 12.1. The number of hydrogen-bond donors (Lipinski definition) is 4. The molecule has 0 aromatic heterocycles. The number of carbonyl (C=O) groups excluding carboxylic acids is 6. The number of hydrogen-bond acceptors (Lipinski definition) is 16. The Morgan fingerprint density at radius 2 is 0.787 bits per heavy atom. The van der Waals surface area contributed by atoms with Gasteiger partial charge in [-0.25, -0.2) is 19.2 Å². The first-order valence-electron chi connectivity index (χ1n) is 23.2. The number of ether oxygens (including phenoxy) is 4. The number of nitrogens with zero attached hydrogens (tertiary/aromatic N) is 2. The van der Waals surface area contributed by atoms with E-state index in [1.54, 1.807) is 13.8 Å². The van der Waals surface area contributed by atoms with Gasteiger partial charge in [0.15, 0.2) is 22.4 Å². The molecule has 2 aliphatic heterocycles. The third kappa shape index (κ3) is 27.7. The number of alkyl halides is 1. The van der Waals surface area contributed by atoms with E-state index < -0.39 is 71.1 Å². The van der Waals surface area contributed by atoms with Crippen LogP contribution in [-0.2, 0) is 88.6 Å². The van der Waals surface area contributed by atoms with Crippen LogP contribution in [-0.4, -0.2) is 113 Å². The average molecular weight is 1060 g/mol. The van der Waals surface area contributed by atoms with E-state index in [0.717, 1.165) is 22.3 Å². The monoisotopic (exact) mass is 1060 g/mol. The minimum absolute atomic E-state index is 0. The number of benzene rings is 4. The number of rotatable bonds is 16. The molecule has 2 heterocycles. The normalized spacial score (nSPS) is 13.0. The van der Waals surface area contributed by atoms with Crippen molar-refractivity contribution >= 4 is 47.5 Å². The van der Waals surface area contributed by atoms with Gasteiger partial charge in [-0.2, -0.15) is 5.06 Å². The van der Waals surface area contributed by atoms with Crippen molar-refractivity contribution in [1.29, 1.82) is 0 Å². The van der Waals surface area contributed by atoms with Crippen LogP contribution in [0.3, 0.4) is 0 Å². The van der Waals surface area contributed by atoms with Crippen LogP contribution in [0.2, 0.25) is 0 Å². The van der Waals surface area contributed by atoms with E-state index >= 15 is 0 Å². The number of halogens is 1. The molecule has 4 aromatic carbocycles. The average Bonchev–Trinajstić information content (AvgIpc) is 3.85. The largest absolute Gasteiger partial charge is 1.00 e. The van der Waals surface area contributed by atoms with Crippen molar-refractivity contribution < 1.29 is 123 Å². The number of imide groups is 2. The van der Waals surface area contributed by atoms with E-state index in [1.165, 1.54) is 41.5 Å². The van der Waals surface area contributed by atoms with Crippen LogP contribution in [0.4, 0.5) is 4.39 Å². The van der Waals surface area contributed by atoms with Gasteiger partial charge in [-0.05, 0) is 77.6 Å². The van der Waals surface area contributed by atoms with Crippen LogP contribution in [0, 0.1) is 0 Å². The number of aliphatic hydroxyl groups is 1. The summed E-state index contributed by atoms with van der Waals surface area (Å²) in [7, 11) is -1.00. The molecule has 5 N–H and O–H groups in total. The van der Waals surface area contributed by atoms with E-state index in [-0.39, 0.29) is 85.0 Å². The third-order valence-corrected chi connectivity index (χ3v) is 9.77. The van der Waals surface area contributed by atoms with Gasteiger partial charge in [0.25, 0.3) is 23.6 Å². The molecule has 75 heavy (non-hydrogen) atoms. The quantitative estimate of drug-likeness (QED) is 0.0530. The molecule has 2 saturated heterocycles. The summed E-state index contributed by atoms with van der Waals surface area (Å²) >= 11 is 0. The number of carboxylic acids is 2. The Balaban J connectivity index is 0. The van der Waals surface area contributed by atoms with Gasteiger partial charge >= 0.3 is 53.4 Å². The standard InChI is InChI=1S/C18H20O3.C15H17NO5.C11H14O3.C4H5NO3.C4H8O3.CH3F.Na.H2O/c1-18(2,21-14-16-11-7-4-8-12-16)17(19)20-13-15-9-5-3-6-10-15;1-15(2,20-10-11-6-4-3-5-7-11)14(19)21-16-12(17)8-9-13(16)18;1-11(2,10(12)13)14-8-9-6-4-3-5-7-9;6-3-1-2-4(7)5(3)8;1-4(2,7)3(5)6;1-2;;/h3-12H,13-14H2,1-2H3;3-7H,8-10H2,1-2H3;3-7H,8H2,1-2H3,(H,12,13);8H,1-2H2;7H,1-2H3,(H,5,6);1H3;;1H2/q;;;;;;+1;/p-1/i;;;;;1D;;. The van der Waals surface area contributed by atoms with Gasteiger partial charge in [-0.3, -0.25) is 28.8 Å². The summed E-state index contributed by atoms with van der Waals surface area (Å²) in [6.45, 7) is 13.2. The third-order valence-electron chi connectivity index (χ3n) is 9.77. The molecule has 2 fully saturated rings.